The maximum atomic E-state index is 12.4. The van der Waals surface area contributed by atoms with E-state index in [4.69, 9.17) is 10.5 Å². The minimum Gasteiger partial charge on any atom is -0.491 e. The van der Waals surface area contributed by atoms with Crippen LogP contribution in [0.5, 0.6) is 5.75 Å². The van der Waals surface area contributed by atoms with E-state index in [0.717, 1.165) is 11.3 Å². The molecule has 0 aromatic heterocycles. The molecule has 0 bridgehead atoms. The molecule has 0 fully saturated rings. The number of halogens is 1. The van der Waals surface area contributed by atoms with E-state index in [1.807, 2.05) is 38.1 Å². The van der Waals surface area contributed by atoms with Gasteiger partial charge in [0.05, 0.1) is 12.4 Å². The average molecular weight is 223 g/mol. The highest BCUT2D eigenvalue weighted by Gasteiger charge is 2.02. The normalized spacial score (nSPS) is 11.9. The summed E-state index contributed by atoms with van der Waals surface area (Å²) in [6.45, 7) is 4.19. The molecule has 0 saturated carbocycles. The van der Waals surface area contributed by atoms with E-state index in [1.165, 1.54) is 0 Å². The molecule has 0 aliphatic carbocycles. The summed E-state index contributed by atoms with van der Waals surface area (Å²) < 4.78 is 17.9. The maximum Gasteiger partial charge on any atom is 0.119 e. The zero-order chi connectivity index (χ0) is 12.0. The lowest BCUT2D eigenvalue weighted by molar-refractivity contribution is 0.242. The first-order chi connectivity index (χ1) is 7.65. The van der Waals surface area contributed by atoms with Crippen LogP contribution in [0.3, 0.4) is 0 Å². The average Bonchev–Trinajstić information content (AvgIpc) is 2.25. The first kappa shape index (κ1) is 12.7. The predicted molar refractivity (Wildman–Crippen MR) is 64.2 cm³/mol. The third-order valence-electron chi connectivity index (χ3n) is 2.12. The molecular formula is C13H18FNO. The van der Waals surface area contributed by atoms with Crippen molar-refractivity contribution in [3.05, 3.63) is 41.7 Å². The smallest absolute Gasteiger partial charge is 0.119 e. The van der Waals surface area contributed by atoms with Crippen molar-refractivity contribution in [1.82, 2.24) is 0 Å². The van der Waals surface area contributed by atoms with Gasteiger partial charge < -0.3 is 10.5 Å². The zero-order valence-corrected chi connectivity index (χ0v) is 9.74. The molecule has 1 aromatic rings. The van der Waals surface area contributed by atoms with Crippen LogP contribution in [-0.4, -0.2) is 12.6 Å². The van der Waals surface area contributed by atoms with E-state index < -0.39 is 0 Å². The molecule has 0 unspecified atom stereocenters. The molecule has 0 spiro atoms. The van der Waals surface area contributed by atoms with Crippen molar-refractivity contribution < 1.29 is 9.13 Å². The van der Waals surface area contributed by atoms with Crippen LogP contribution in [0, 0.1) is 0 Å². The van der Waals surface area contributed by atoms with Crippen LogP contribution in [0.1, 0.15) is 19.4 Å². The van der Waals surface area contributed by atoms with Gasteiger partial charge in [-0.05, 0) is 43.5 Å². The third kappa shape index (κ3) is 4.03. The van der Waals surface area contributed by atoms with Crippen LogP contribution in [0.2, 0.25) is 0 Å². The van der Waals surface area contributed by atoms with Crippen molar-refractivity contribution in [1.29, 1.82) is 0 Å². The molecule has 0 atom stereocenters. The van der Waals surface area contributed by atoms with Crippen LogP contribution in [-0.2, 0) is 6.42 Å². The fraction of sp³-hybridized carbons (Fsp3) is 0.385. The van der Waals surface area contributed by atoms with E-state index in [-0.39, 0.29) is 12.6 Å². The van der Waals surface area contributed by atoms with E-state index in [9.17, 15) is 4.39 Å². The van der Waals surface area contributed by atoms with Gasteiger partial charge in [0, 0.05) is 6.54 Å². The molecule has 0 radical (unpaired) electrons. The highest BCUT2D eigenvalue weighted by atomic mass is 19.1. The van der Waals surface area contributed by atoms with Gasteiger partial charge in [-0.25, -0.2) is 4.39 Å². The lowest BCUT2D eigenvalue weighted by Crippen LogP contribution is -2.07. The summed E-state index contributed by atoms with van der Waals surface area (Å²) in [5.74, 6) is 0.808. The monoisotopic (exact) mass is 223 g/mol. The molecule has 1 aromatic carbocycles. The van der Waals surface area contributed by atoms with Crippen LogP contribution in [0.25, 0.3) is 0 Å². The largest absolute Gasteiger partial charge is 0.491 e. The highest BCUT2D eigenvalue weighted by molar-refractivity contribution is 5.31. The van der Waals surface area contributed by atoms with Crippen molar-refractivity contribution in [3.63, 3.8) is 0 Å². The maximum absolute atomic E-state index is 12.4. The van der Waals surface area contributed by atoms with Crippen molar-refractivity contribution >= 4 is 0 Å². The number of hydrogen-bond donors (Lipinski definition) is 1. The minimum absolute atomic E-state index is 0.140. The number of nitrogens with two attached hydrogens (primary N) is 1. The van der Waals surface area contributed by atoms with Gasteiger partial charge in [-0.15, -0.1) is 0 Å². The van der Waals surface area contributed by atoms with E-state index in [2.05, 4.69) is 0 Å². The lowest BCUT2D eigenvalue weighted by atomic mass is 10.1. The van der Waals surface area contributed by atoms with Crippen molar-refractivity contribution in [3.8, 4) is 5.75 Å². The van der Waals surface area contributed by atoms with Crippen molar-refractivity contribution in [2.75, 3.05) is 6.54 Å². The molecular weight excluding hydrogens is 205 g/mol. The summed E-state index contributed by atoms with van der Waals surface area (Å²) in [7, 11) is 0. The molecule has 1 rings (SSSR count). The van der Waals surface area contributed by atoms with Gasteiger partial charge in [-0.2, -0.15) is 0 Å². The van der Waals surface area contributed by atoms with E-state index >= 15 is 0 Å². The summed E-state index contributed by atoms with van der Waals surface area (Å²) >= 11 is 0. The number of ether oxygens (including phenoxy) is 1. The number of benzene rings is 1. The summed E-state index contributed by atoms with van der Waals surface area (Å²) in [5, 5.41) is 0. The van der Waals surface area contributed by atoms with Crippen molar-refractivity contribution in [2.45, 2.75) is 26.4 Å². The second-order valence-corrected chi connectivity index (χ2v) is 3.96. The Hall–Kier alpha value is -1.35. The quantitative estimate of drug-likeness (QED) is 0.833. The van der Waals surface area contributed by atoms with Gasteiger partial charge in [0.15, 0.2) is 0 Å². The van der Waals surface area contributed by atoms with Gasteiger partial charge in [0.25, 0.3) is 0 Å². The second-order valence-electron chi connectivity index (χ2n) is 3.96. The summed E-state index contributed by atoms with van der Waals surface area (Å²) in [5.41, 5.74) is 7.00. The Kier molecular flexibility index (Phi) is 4.99. The first-order valence-corrected chi connectivity index (χ1v) is 5.39. The zero-order valence-electron chi connectivity index (χ0n) is 9.74. The van der Waals surface area contributed by atoms with Crippen LogP contribution < -0.4 is 10.5 Å². The third-order valence-corrected chi connectivity index (χ3v) is 2.12. The molecule has 0 amide bonds. The molecule has 0 aliphatic heterocycles. The lowest BCUT2D eigenvalue weighted by Gasteiger charge is -2.11. The fourth-order valence-corrected chi connectivity index (χ4v) is 1.42. The summed E-state index contributed by atoms with van der Waals surface area (Å²) in [6.07, 6.45) is 1.25. The van der Waals surface area contributed by atoms with Crippen LogP contribution in [0.4, 0.5) is 4.39 Å². The molecule has 3 heteroatoms. The van der Waals surface area contributed by atoms with Crippen molar-refractivity contribution in [2.24, 2.45) is 5.73 Å². The molecule has 0 aliphatic rings. The van der Waals surface area contributed by atoms with E-state index in [0.29, 0.717) is 18.3 Å². The Labute approximate surface area is 95.9 Å². The van der Waals surface area contributed by atoms with Gasteiger partial charge in [0.1, 0.15) is 5.75 Å². The Morgan fingerprint density at radius 1 is 1.50 bits per heavy atom. The highest BCUT2D eigenvalue weighted by Crippen LogP contribution is 2.17. The Morgan fingerprint density at radius 2 is 2.25 bits per heavy atom. The molecule has 0 saturated heterocycles. The second kappa shape index (κ2) is 6.28. The van der Waals surface area contributed by atoms with Crippen LogP contribution >= 0.6 is 0 Å². The molecule has 0 heterocycles. The molecule has 16 heavy (non-hydrogen) atoms. The summed E-state index contributed by atoms with van der Waals surface area (Å²) in [6, 6.07) is 7.65. The molecule has 88 valence electrons. The van der Waals surface area contributed by atoms with Gasteiger partial charge in [0.2, 0.25) is 0 Å². The standard InChI is InChI=1S/C13H18FNO/c1-10(2)16-13-5-3-4-11(7-13)6-12(8-14)9-15/h3-5,7-8,10H,6,9,15H2,1-2H3. The van der Waals surface area contributed by atoms with E-state index in [1.54, 1.807) is 0 Å². The van der Waals surface area contributed by atoms with Gasteiger partial charge >= 0.3 is 0 Å². The minimum atomic E-state index is 0.140. The molecule has 2 N–H and O–H groups in total. The predicted octanol–water partition coefficient (Wildman–Crippen LogP) is 2.83. The summed E-state index contributed by atoms with van der Waals surface area (Å²) in [4.78, 5) is 0. The Balaban J connectivity index is 2.74. The number of hydrogen-bond acceptors (Lipinski definition) is 2. The SMILES string of the molecule is CC(C)Oc1cccc(CC(=CF)CN)c1. The van der Waals surface area contributed by atoms with Crippen LogP contribution in [0.15, 0.2) is 36.2 Å². The topological polar surface area (TPSA) is 35.2 Å². The Bertz CT molecular complexity index is 361. The fourth-order valence-electron chi connectivity index (χ4n) is 1.42. The number of rotatable bonds is 5. The first-order valence-electron chi connectivity index (χ1n) is 5.39. The molecule has 2 nitrogen and oxygen atoms in total. The van der Waals surface area contributed by atoms with Gasteiger partial charge in [-0.1, -0.05) is 12.1 Å². The van der Waals surface area contributed by atoms with Gasteiger partial charge in [-0.3, -0.25) is 0 Å². The Morgan fingerprint density at radius 3 is 2.81 bits per heavy atom.